The molecule has 3 rings (SSSR count). The molecule has 1 aromatic carbocycles. The zero-order chi connectivity index (χ0) is 17.6. The smallest absolute Gasteiger partial charge is 0.219 e. The van der Waals surface area contributed by atoms with Crippen molar-refractivity contribution in [2.75, 3.05) is 13.1 Å². The molecule has 2 atom stereocenters. The van der Waals surface area contributed by atoms with Gasteiger partial charge in [0, 0.05) is 32.6 Å². The molecule has 1 aliphatic carbocycles. The number of likely N-dealkylation sites (tertiary alicyclic amines) is 1. The Labute approximate surface area is 151 Å². The number of hydrogen-bond acceptors (Lipinski definition) is 3. The van der Waals surface area contributed by atoms with Crippen LogP contribution in [-0.4, -0.2) is 36.0 Å². The van der Waals surface area contributed by atoms with Gasteiger partial charge in [0.1, 0.15) is 5.75 Å². The monoisotopic (exact) mass is 344 g/mol. The first kappa shape index (κ1) is 18.2. The minimum Gasteiger partial charge on any atom is -0.490 e. The third-order valence-corrected chi connectivity index (χ3v) is 5.78. The van der Waals surface area contributed by atoms with Gasteiger partial charge in [-0.25, -0.2) is 0 Å². The molecule has 0 radical (unpaired) electrons. The van der Waals surface area contributed by atoms with E-state index in [2.05, 4.69) is 36.5 Å². The van der Waals surface area contributed by atoms with Gasteiger partial charge in [0.2, 0.25) is 5.91 Å². The van der Waals surface area contributed by atoms with Crippen LogP contribution in [-0.2, 0) is 11.3 Å². The summed E-state index contributed by atoms with van der Waals surface area (Å²) in [6, 6.07) is 9.00. The first-order valence-corrected chi connectivity index (χ1v) is 9.90. The number of carbonyl (C=O) groups is 1. The van der Waals surface area contributed by atoms with E-state index in [1.165, 1.54) is 31.2 Å². The summed E-state index contributed by atoms with van der Waals surface area (Å²) in [5, 5.41) is 3.73. The third kappa shape index (κ3) is 4.97. The summed E-state index contributed by atoms with van der Waals surface area (Å²) in [4.78, 5) is 13.6. The van der Waals surface area contributed by atoms with E-state index in [9.17, 15) is 4.79 Å². The number of nitrogens with zero attached hydrogens (tertiary/aromatic N) is 1. The summed E-state index contributed by atoms with van der Waals surface area (Å²) in [6.45, 7) is 6.52. The number of amides is 1. The Bertz CT molecular complexity index is 569. The third-order valence-electron chi connectivity index (χ3n) is 5.78. The van der Waals surface area contributed by atoms with E-state index in [1.54, 1.807) is 6.92 Å². The second kappa shape index (κ2) is 8.70. The van der Waals surface area contributed by atoms with E-state index in [1.807, 2.05) is 4.90 Å². The maximum absolute atomic E-state index is 11.6. The minimum atomic E-state index is 0.202. The molecule has 1 heterocycles. The van der Waals surface area contributed by atoms with Crippen molar-refractivity contribution >= 4 is 5.91 Å². The predicted octanol–water partition coefficient (Wildman–Crippen LogP) is 3.74. The van der Waals surface area contributed by atoms with Crippen LogP contribution >= 0.6 is 0 Å². The number of ether oxygens (including phenoxy) is 1. The van der Waals surface area contributed by atoms with Gasteiger partial charge in [-0.3, -0.25) is 4.79 Å². The standard InChI is InChI=1S/C21H32N2O2/c1-3-18-15-23(16(2)24)12-11-21(18)22-14-17-7-6-10-20(13-17)25-19-8-4-5-9-19/h6-7,10,13,18-19,21-22H,3-5,8-9,11-12,14-15H2,1-2H3/t18-,21+/m0/s1. The van der Waals surface area contributed by atoms with Crippen molar-refractivity contribution in [2.24, 2.45) is 5.92 Å². The van der Waals surface area contributed by atoms with Crippen molar-refractivity contribution in [2.45, 2.75) is 71.1 Å². The fourth-order valence-electron chi connectivity index (χ4n) is 4.18. The van der Waals surface area contributed by atoms with Crippen LogP contribution in [0.5, 0.6) is 5.75 Å². The molecular formula is C21H32N2O2. The number of hydrogen-bond donors (Lipinski definition) is 1. The summed E-state index contributed by atoms with van der Waals surface area (Å²) < 4.78 is 6.12. The van der Waals surface area contributed by atoms with Gasteiger partial charge in [0.25, 0.3) is 0 Å². The summed E-state index contributed by atoms with van der Waals surface area (Å²) in [5.74, 6) is 1.74. The zero-order valence-corrected chi connectivity index (χ0v) is 15.7. The molecule has 0 bridgehead atoms. The topological polar surface area (TPSA) is 41.6 Å². The molecule has 1 N–H and O–H groups in total. The van der Waals surface area contributed by atoms with Crippen LogP contribution in [0.1, 0.15) is 57.9 Å². The zero-order valence-electron chi connectivity index (χ0n) is 15.7. The highest BCUT2D eigenvalue weighted by molar-refractivity contribution is 5.73. The Morgan fingerprint density at radius 3 is 2.80 bits per heavy atom. The Balaban J connectivity index is 1.53. The number of carbonyl (C=O) groups excluding carboxylic acids is 1. The molecule has 0 spiro atoms. The number of nitrogens with one attached hydrogen (secondary N) is 1. The minimum absolute atomic E-state index is 0.202. The van der Waals surface area contributed by atoms with Crippen LogP contribution in [0.25, 0.3) is 0 Å². The molecule has 4 nitrogen and oxygen atoms in total. The molecule has 1 saturated heterocycles. The van der Waals surface area contributed by atoms with Gasteiger partial charge in [0.15, 0.2) is 0 Å². The molecular weight excluding hydrogens is 312 g/mol. The molecule has 1 saturated carbocycles. The second-order valence-corrected chi connectivity index (χ2v) is 7.58. The lowest BCUT2D eigenvalue weighted by atomic mass is 9.89. The Kier molecular flexibility index (Phi) is 6.35. The second-order valence-electron chi connectivity index (χ2n) is 7.58. The number of piperidine rings is 1. The van der Waals surface area contributed by atoms with Crippen LogP contribution in [0.2, 0.25) is 0 Å². The van der Waals surface area contributed by atoms with Crippen molar-refractivity contribution < 1.29 is 9.53 Å². The molecule has 2 fully saturated rings. The fraction of sp³-hybridized carbons (Fsp3) is 0.667. The predicted molar refractivity (Wildman–Crippen MR) is 101 cm³/mol. The summed E-state index contributed by atoms with van der Waals surface area (Å²) in [6.07, 6.45) is 7.52. The first-order chi connectivity index (χ1) is 12.2. The number of benzene rings is 1. The number of rotatable bonds is 6. The van der Waals surface area contributed by atoms with E-state index in [0.29, 0.717) is 18.1 Å². The average molecular weight is 344 g/mol. The highest BCUT2D eigenvalue weighted by Crippen LogP contribution is 2.25. The van der Waals surface area contributed by atoms with Crippen LogP contribution in [0, 0.1) is 5.92 Å². The molecule has 25 heavy (non-hydrogen) atoms. The summed E-state index contributed by atoms with van der Waals surface area (Å²) in [7, 11) is 0. The molecule has 4 heteroatoms. The molecule has 1 amide bonds. The molecule has 1 aromatic rings. The van der Waals surface area contributed by atoms with E-state index >= 15 is 0 Å². The van der Waals surface area contributed by atoms with Crippen molar-refractivity contribution in [3.8, 4) is 5.75 Å². The summed E-state index contributed by atoms with van der Waals surface area (Å²) >= 11 is 0. The average Bonchev–Trinajstić information content (AvgIpc) is 3.13. The lowest BCUT2D eigenvalue weighted by molar-refractivity contribution is -0.131. The molecule has 0 aromatic heterocycles. The van der Waals surface area contributed by atoms with Crippen LogP contribution in [0.3, 0.4) is 0 Å². The van der Waals surface area contributed by atoms with Crippen molar-refractivity contribution in [1.82, 2.24) is 10.2 Å². The van der Waals surface area contributed by atoms with Gasteiger partial charge < -0.3 is 15.0 Å². The maximum Gasteiger partial charge on any atom is 0.219 e. The SMILES string of the molecule is CC[C@H]1CN(C(C)=O)CC[C@H]1NCc1cccc(OC2CCCC2)c1. The highest BCUT2D eigenvalue weighted by Gasteiger charge is 2.28. The normalized spacial score (nSPS) is 24.5. The lowest BCUT2D eigenvalue weighted by Gasteiger charge is -2.38. The van der Waals surface area contributed by atoms with Gasteiger partial charge in [-0.15, -0.1) is 0 Å². The van der Waals surface area contributed by atoms with Gasteiger partial charge in [-0.1, -0.05) is 25.5 Å². The lowest BCUT2D eigenvalue weighted by Crippen LogP contribution is -2.50. The van der Waals surface area contributed by atoms with Crippen molar-refractivity contribution in [1.29, 1.82) is 0 Å². The van der Waals surface area contributed by atoms with Crippen LogP contribution in [0.15, 0.2) is 24.3 Å². The van der Waals surface area contributed by atoms with Gasteiger partial charge in [-0.2, -0.15) is 0 Å². The van der Waals surface area contributed by atoms with Crippen molar-refractivity contribution in [3.05, 3.63) is 29.8 Å². The molecule has 0 unspecified atom stereocenters. The van der Waals surface area contributed by atoms with Gasteiger partial charge >= 0.3 is 0 Å². The maximum atomic E-state index is 11.6. The Morgan fingerprint density at radius 2 is 2.08 bits per heavy atom. The van der Waals surface area contributed by atoms with Crippen LogP contribution in [0.4, 0.5) is 0 Å². The summed E-state index contributed by atoms with van der Waals surface area (Å²) in [5.41, 5.74) is 1.28. The Hall–Kier alpha value is -1.55. The van der Waals surface area contributed by atoms with E-state index < -0.39 is 0 Å². The van der Waals surface area contributed by atoms with E-state index in [4.69, 9.17) is 4.74 Å². The largest absolute Gasteiger partial charge is 0.490 e. The van der Waals surface area contributed by atoms with Gasteiger partial charge in [-0.05, 0) is 55.7 Å². The van der Waals surface area contributed by atoms with E-state index in [0.717, 1.165) is 38.2 Å². The van der Waals surface area contributed by atoms with Crippen molar-refractivity contribution in [3.63, 3.8) is 0 Å². The van der Waals surface area contributed by atoms with Crippen LogP contribution < -0.4 is 10.1 Å². The first-order valence-electron chi connectivity index (χ1n) is 9.90. The fourth-order valence-corrected chi connectivity index (χ4v) is 4.18. The Morgan fingerprint density at radius 1 is 1.28 bits per heavy atom. The van der Waals surface area contributed by atoms with E-state index in [-0.39, 0.29) is 5.91 Å². The molecule has 1 aliphatic heterocycles. The molecule has 138 valence electrons. The molecule has 2 aliphatic rings. The highest BCUT2D eigenvalue weighted by atomic mass is 16.5. The quantitative estimate of drug-likeness (QED) is 0.855. The van der Waals surface area contributed by atoms with Gasteiger partial charge in [0.05, 0.1) is 6.10 Å².